The number of likely N-dealkylation sites (tertiary alicyclic amines) is 2. The Kier molecular flexibility index (Phi) is 27.1. The molecule has 0 bridgehead atoms. The van der Waals surface area contributed by atoms with Gasteiger partial charge in [0.2, 0.25) is 47.3 Å². The van der Waals surface area contributed by atoms with Crippen LogP contribution in [0.1, 0.15) is 131 Å². The number of unbranched alkanes of at least 4 members (excludes halogenated alkanes) is 2. The summed E-state index contributed by atoms with van der Waals surface area (Å²) in [6.45, 7) is 11.5. The molecule has 0 aromatic carbocycles. The molecule has 2 aliphatic heterocycles. The van der Waals surface area contributed by atoms with Crippen molar-refractivity contribution in [2.45, 2.75) is 186 Å². The highest BCUT2D eigenvalue weighted by Gasteiger charge is 2.41. The standard InChI is InChI=1S/C46H83N13O10S/c1-26(2)24-33(40(63)55-32(45(68)69)16-8-10-23-70)56-42(65)36-18-12-21-58(36)43(66)29(6)53-39(62)31(15-7-9-19-47)54-37(60)28(5)52-41(64)35-17-13-22-59(35)44(67)34(25-27(3)4)57-38(61)30(48)14-11-20-51-46(49)50/h26-36,70H,7-25,47-48H2,1-6H3,(H,52,64)(H,53,62)(H,54,60)(H,55,63)(H,56,65)(H,57,61)(H,68,69)(H4,49,50,51)/t28-,29-,30-,31-,32-,33-,34-,35-,36-/m0/s1. The monoisotopic (exact) mass is 1010 g/mol. The molecule has 0 aromatic heterocycles. The molecule has 24 heteroatoms. The van der Waals surface area contributed by atoms with Crippen LogP contribution in [0.5, 0.6) is 0 Å². The van der Waals surface area contributed by atoms with Crippen molar-refractivity contribution in [1.29, 1.82) is 0 Å². The molecule has 70 heavy (non-hydrogen) atoms. The van der Waals surface area contributed by atoms with Crippen LogP contribution in [0.3, 0.4) is 0 Å². The summed E-state index contributed by atoms with van der Waals surface area (Å²) in [5.41, 5.74) is 22.6. The number of nitrogens with two attached hydrogens (primary N) is 4. The van der Waals surface area contributed by atoms with E-state index >= 15 is 0 Å². The molecule has 2 rings (SSSR count). The number of carbonyl (C=O) groups excluding carboxylic acids is 8. The number of guanidine groups is 1. The predicted molar refractivity (Wildman–Crippen MR) is 267 cm³/mol. The van der Waals surface area contributed by atoms with Gasteiger partial charge in [0, 0.05) is 19.6 Å². The maximum Gasteiger partial charge on any atom is 0.326 e. The maximum atomic E-state index is 13.9. The van der Waals surface area contributed by atoms with E-state index in [0.717, 1.165) is 0 Å². The zero-order valence-electron chi connectivity index (χ0n) is 42.0. The van der Waals surface area contributed by atoms with Crippen LogP contribution in [0.2, 0.25) is 0 Å². The van der Waals surface area contributed by atoms with Crippen LogP contribution in [-0.4, -0.2) is 160 Å². The second-order valence-corrected chi connectivity index (χ2v) is 19.7. The van der Waals surface area contributed by atoms with Gasteiger partial charge in [-0.2, -0.15) is 12.6 Å². The van der Waals surface area contributed by atoms with Gasteiger partial charge >= 0.3 is 5.97 Å². The zero-order chi connectivity index (χ0) is 52.7. The Hall–Kier alpha value is -5.23. The normalized spacial score (nSPS) is 18.7. The van der Waals surface area contributed by atoms with Gasteiger partial charge in [-0.15, -0.1) is 0 Å². The number of aliphatic carboxylic acids is 1. The highest BCUT2D eigenvalue weighted by atomic mass is 32.1. The summed E-state index contributed by atoms with van der Waals surface area (Å²) in [5, 5.41) is 25.8. The zero-order valence-corrected chi connectivity index (χ0v) is 42.9. The number of carboxylic acid groups (broad SMARTS) is 1. The molecule has 0 saturated carbocycles. The van der Waals surface area contributed by atoms with E-state index in [1.165, 1.54) is 23.6 Å². The number of thiol groups is 1. The fraction of sp³-hybridized carbons (Fsp3) is 0.783. The van der Waals surface area contributed by atoms with E-state index in [0.29, 0.717) is 63.7 Å². The highest BCUT2D eigenvalue weighted by Crippen LogP contribution is 2.22. The Labute approximate surface area is 418 Å². The molecule has 0 radical (unpaired) electrons. The second-order valence-electron chi connectivity index (χ2n) is 19.2. The van der Waals surface area contributed by atoms with Gasteiger partial charge in [-0.05, 0) is 128 Å². The van der Waals surface area contributed by atoms with E-state index in [2.05, 4.69) is 49.5 Å². The molecule has 0 aliphatic carbocycles. The lowest BCUT2D eigenvalue weighted by Gasteiger charge is -2.31. The van der Waals surface area contributed by atoms with Crippen molar-refractivity contribution in [3.63, 3.8) is 0 Å². The fourth-order valence-electron chi connectivity index (χ4n) is 8.45. The average Bonchev–Trinajstić information content (AvgIpc) is 4.00. The molecule has 2 aliphatic rings. The van der Waals surface area contributed by atoms with E-state index < -0.39 is 108 Å². The number of carboxylic acids is 1. The predicted octanol–water partition coefficient (Wildman–Crippen LogP) is -1.30. The summed E-state index contributed by atoms with van der Waals surface area (Å²) in [6, 6.07) is -9.44. The smallest absolute Gasteiger partial charge is 0.326 e. The largest absolute Gasteiger partial charge is 0.480 e. The Balaban J connectivity index is 2.12. The van der Waals surface area contributed by atoms with E-state index in [9.17, 15) is 48.3 Å². The number of amides is 8. The van der Waals surface area contributed by atoms with Crippen molar-refractivity contribution >= 4 is 71.8 Å². The highest BCUT2D eigenvalue weighted by molar-refractivity contribution is 7.80. The summed E-state index contributed by atoms with van der Waals surface area (Å²) in [6.07, 6.45) is 5.31. The molecule has 8 amide bonds. The van der Waals surface area contributed by atoms with Crippen molar-refractivity contribution in [2.75, 3.05) is 31.9 Å². The Morgan fingerprint density at radius 3 is 1.67 bits per heavy atom. The Morgan fingerprint density at radius 1 is 0.600 bits per heavy atom. The summed E-state index contributed by atoms with van der Waals surface area (Å²) < 4.78 is 0. The third-order valence-electron chi connectivity index (χ3n) is 12.2. The first-order valence-corrected chi connectivity index (χ1v) is 25.4. The van der Waals surface area contributed by atoms with Crippen LogP contribution in [0.4, 0.5) is 0 Å². The topological polar surface area (TPSA) is 369 Å². The number of rotatable bonds is 31. The Bertz CT molecular complexity index is 1800. The van der Waals surface area contributed by atoms with Gasteiger partial charge in [-0.1, -0.05) is 27.7 Å². The number of hydrogen-bond donors (Lipinski definition) is 12. The molecule has 0 spiro atoms. The third-order valence-corrected chi connectivity index (χ3v) is 12.5. The summed E-state index contributed by atoms with van der Waals surface area (Å²) in [7, 11) is 0. The fourth-order valence-corrected chi connectivity index (χ4v) is 8.67. The molecule has 0 unspecified atom stereocenters. The van der Waals surface area contributed by atoms with E-state index in [-0.39, 0.29) is 76.0 Å². The molecule has 23 nitrogen and oxygen atoms in total. The molecule has 9 atom stereocenters. The van der Waals surface area contributed by atoms with Gasteiger partial charge in [0.1, 0.15) is 48.3 Å². The van der Waals surface area contributed by atoms with E-state index in [1.807, 2.05) is 27.7 Å². The molecule has 15 N–H and O–H groups in total. The SMILES string of the molecule is CC(C)C[C@H](NC(=O)[C@@H]1CCCN1C(=O)[C@H](C)NC(=O)[C@H](CCCCN)NC(=O)[C@H](C)NC(=O)[C@@H]1CCCN1C(=O)[C@H](CC(C)C)NC(=O)[C@@H](N)CCCN=C(N)N)C(=O)N[C@@H](CCCCS)C(=O)O. The van der Waals surface area contributed by atoms with E-state index in [1.54, 1.807) is 0 Å². The summed E-state index contributed by atoms with van der Waals surface area (Å²) >= 11 is 4.16. The van der Waals surface area contributed by atoms with Crippen LogP contribution in [-0.2, 0) is 43.2 Å². The molecule has 2 saturated heterocycles. The van der Waals surface area contributed by atoms with Gasteiger partial charge < -0.3 is 69.7 Å². The van der Waals surface area contributed by atoms with Gasteiger partial charge in [-0.25, -0.2) is 4.79 Å². The molecular weight excluding hydrogens is 927 g/mol. The van der Waals surface area contributed by atoms with Crippen LogP contribution < -0.4 is 54.8 Å². The lowest BCUT2D eigenvalue weighted by Crippen LogP contribution is -2.59. The van der Waals surface area contributed by atoms with Crippen LogP contribution in [0.25, 0.3) is 0 Å². The van der Waals surface area contributed by atoms with Crippen LogP contribution >= 0.6 is 12.6 Å². The number of nitrogens with one attached hydrogen (secondary N) is 6. The number of aliphatic imine (C=N–C) groups is 1. The first-order valence-electron chi connectivity index (χ1n) is 24.8. The second kappa shape index (κ2) is 31.2. The summed E-state index contributed by atoms with van der Waals surface area (Å²) in [4.78, 5) is 128. The lowest BCUT2D eigenvalue weighted by atomic mass is 10.0. The third kappa shape index (κ3) is 20.6. The maximum absolute atomic E-state index is 13.9. The Morgan fingerprint density at radius 2 is 1.11 bits per heavy atom. The first kappa shape index (κ1) is 60.9. The number of hydrogen-bond acceptors (Lipinski definition) is 13. The van der Waals surface area contributed by atoms with Gasteiger partial charge in [0.25, 0.3) is 0 Å². The number of nitrogens with zero attached hydrogens (tertiary/aromatic N) is 3. The van der Waals surface area contributed by atoms with Crippen molar-refractivity contribution in [3.8, 4) is 0 Å². The minimum atomic E-state index is -1.19. The molecule has 2 fully saturated rings. The van der Waals surface area contributed by atoms with Crippen LogP contribution in [0, 0.1) is 11.8 Å². The van der Waals surface area contributed by atoms with Crippen LogP contribution in [0.15, 0.2) is 4.99 Å². The number of carbonyl (C=O) groups is 9. The lowest BCUT2D eigenvalue weighted by molar-refractivity contribution is -0.143. The summed E-state index contributed by atoms with van der Waals surface area (Å²) in [5.74, 6) is -5.49. The first-order chi connectivity index (χ1) is 33.0. The van der Waals surface area contributed by atoms with Gasteiger partial charge in [0.15, 0.2) is 5.96 Å². The van der Waals surface area contributed by atoms with Crippen molar-refractivity contribution in [2.24, 2.45) is 39.8 Å². The quantitative estimate of drug-likeness (QED) is 0.0166. The van der Waals surface area contributed by atoms with Crippen molar-refractivity contribution < 1.29 is 48.3 Å². The molecule has 398 valence electrons. The van der Waals surface area contributed by atoms with Gasteiger partial charge in [-0.3, -0.25) is 43.3 Å². The molecular formula is C46H83N13O10S. The minimum Gasteiger partial charge on any atom is -0.480 e. The minimum absolute atomic E-state index is 0.000244. The molecule has 2 heterocycles. The molecule has 0 aromatic rings. The van der Waals surface area contributed by atoms with Crippen molar-refractivity contribution in [1.82, 2.24) is 41.7 Å². The average molecular weight is 1010 g/mol. The van der Waals surface area contributed by atoms with Gasteiger partial charge in [0.05, 0.1) is 6.04 Å². The van der Waals surface area contributed by atoms with Crippen molar-refractivity contribution in [3.05, 3.63) is 0 Å². The van der Waals surface area contributed by atoms with E-state index in [4.69, 9.17) is 22.9 Å².